The molecule has 0 unspecified atom stereocenters. The molecule has 1 aromatic carbocycles. The van der Waals surface area contributed by atoms with Gasteiger partial charge >= 0.3 is 5.97 Å². The number of amides is 1. The molecular weight excluding hydrogens is 277 g/mol. The van der Waals surface area contributed by atoms with Gasteiger partial charge in [-0.3, -0.25) is 4.79 Å². The lowest BCUT2D eigenvalue weighted by Gasteiger charge is -2.34. The Morgan fingerprint density at radius 2 is 2.14 bits per heavy atom. The van der Waals surface area contributed by atoms with Gasteiger partial charge in [-0.25, -0.2) is 9.18 Å². The van der Waals surface area contributed by atoms with E-state index in [1.54, 1.807) is 0 Å². The minimum absolute atomic E-state index is 0.120. The number of carbonyl (C=O) groups is 2. The second-order valence-electron chi connectivity index (χ2n) is 5.16. The quantitative estimate of drug-likeness (QED) is 0.846. The second kappa shape index (κ2) is 6.67. The number of ether oxygens (including phenoxy) is 1. The van der Waals surface area contributed by atoms with Gasteiger partial charge in [-0.1, -0.05) is 0 Å². The monoisotopic (exact) mass is 295 g/mol. The van der Waals surface area contributed by atoms with Gasteiger partial charge in [-0.15, -0.1) is 0 Å². The zero-order valence-electron chi connectivity index (χ0n) is 11.8. The van der Waals surface area contributed by atoms with Gasteiger partial charge in [0.1, 0.15) is 5.82 Å². The molecule has 1 fully saturated rings. The van der Waals surface area contributed by atoms with Crippen LogP contribution in [0.1, 0.15) is 36.5 Å². The summed E-state index contributed by atoms with van der Waals surface area (Å²) in [4.78, 5) is 22.9. The van der Waals surface area contributed by atoms with Crippen LogP contribution in [0, 0.1) is 11.7 Å². The largest absolute Gasteiger partial charge is 0.478 e. The van der Waals surface area contributed by atoms with Crippen molar-refractivity contribution >= 4 is 17.6 Å². The molecule has 0 spiro atoms. The van der Waals surface area contributed by atoms with Gasteiger partial charge in [-0.2, -0.15) is 0 Å². The lowest BCUT2D eigenvalue weighted by Crippen LogP contribution is -2.34. The number of aromatic carboxylic acids is 1. The summed E-state index contributed by atoms with van der Waals surface area (Å²) in [5.74, 6) is -1.92. The van der Waals surface area contributed by atoms with E-state index in [0.717, 1.165) is 25.0 Å². The third kappa shape index (κ3) is 4.01. The molecule has 0 saturated heterocycles. The first kappa shape index (κ1) is 15.4. The molecule has 114 valence electrons. The molecule has 0 aromatic heterocycles. The van der Waals surface area contributed by atoms with Crippen LogP contribution in [0.4, 0.5) is 10.1 Å². The second-order valence-corrected chi connectivity index (χ2v) is 5.16. The molecule has 0 aliphatic heterocycles. The fourth-order valence-electron chi connectivity index (χ4n) is 2.48. The van der Waals surface area contributed by atoms with Crippen molar-refractivity contribution in [1.29, 1.82) is 0 Å². The molecule has 1 aliphatic rings. The van der Waals surface area contributed by atoms with Gasteiger partial charge in [0.15, 0.2) is 0 Å². The van der Waals surface area contributed by atoms with Crippen LogP contribution in [0.15, 0.2) is 18.2 Å². The van der Waals surface area contributed by atoms with Crippen molar-refractivity contribution in [3.05, 3.63) is 29.6 Å². The predicted molar refractivity (Wildman–Crippen MR) is 74.7 cm³/mol. The number of hydrogen-bond donors (Lipinski definition) is 2. The molecule has 2 N–H and O–H groups in total. The van der Waals surface area contributed by atoms with Crippen molar-refractivity contribution in [3.8, 4) is 0 Å². The van der Waals surface area contributed by atoms with E-state index < -0.39 is 11.8 Å². The van der Waals surface area contributed by atoms with Crippen molar-refractivity contribution < 1.29 is 23.8 Å². The topological polar surface area (TPSA) is 75.6 Å². The Kier molecular flexibility index (Phi) is 4.90. The molecule has 5 nitrogen and oxygen atoms in total. The van der Waals surface area contributed by atoms with E-state index in [2.05, 4.69) is 5.32 Å². The lowest BCUT2D eigenvalue weighted by molar-refractivity contribution is -0.119. The number of nitrogens with one attached hydrogen (secondary N) is 1. The summed E-state index contributed by atoms with van der Waals surface area (Å²) in [6.45, 7) is 2.60. The number of anilines is 1. The molecule has 1 amide bonds. The molecule has 1 aromatic rings. The molecule has 0 bridgehead atoms. The van der Waals surface area contributed by atoms with Gasteiger partial charge in [0.2, 0.25) is 5.91 Å². The first-order chi connectivity index (χ1) is 9.99. The number of benzene rings is 1. The highest BCUT2D eigenvalue weighted by Gasteiger charge is 2.31. The van der Waals surface area contributed by atoms with E-state index in [-0.39, 0.29) is 29.2 Å². The Morgan fingerprint density at radius 1 is 1.43 bits per heavy atom. The molecule has 0 radical (unpaired) electrons. The highest BCUT2D eigenvalue weighted by atomic mass is 19.1. The van der Waals surface area contributed by atoms with Crippen LogP contribution in [0.3, 0.4) is 0 Å². The van der Waals surface area contributed by atoms with Crippen molar-refractivity contribution in [2.45, 2.75) is 32.3 Å². The first-order valence-electron chi connectivity index (χ1n) is 6.94. The minimum atomic E-state index is -1.27. The smallest absolute Gasteiger partial charge is 0.337 e. The maximum atomic E-state index is 13.0. The van der Waals surface area contributed by atoms with Crippen LogP contribution in [0.25, 0.3) is 0 Å². The van der Waals surface area contributed by atoms with Crippen LogP contribution in [-0.2, 0) is 9.53 Å². The number of carbonyl (C=O) groups excluding carboxylic acids is 1. The summed E-state index contributed by atoms with van der Waals surface area (Å²) in [5, 5.41) is 11.5. The fourth-order valence-corrected chi connectivity index (χ4v) is 2.48. The number of carboxylic acid groups (broad SMARTS) is 1. The molecule has 1 aliphatic carbocycles. The maximum absolute atomic E-state index is 13.0. The van der Waals surface area contributed by atoms with Crippen molar-refractivity contribution in [1.82, 2.24) is 0 Å². The summed E-state index contributed by atoms with van der Waals surface area (Å²) in [7, 11) is 0. The van der Waals surface area contributed by atoms with Crippen molar-refractivity contribution in [3.63, 3.8) is 0 Å². The Hall–Kier alpha value is -1.95. The molecule has 0 heterocycles. The van der Waals surface area contributed by atoms with Crippen molar-refractivity contribution in [2.75, 3.05) is 11.9 Å². The average Bonchev–Trinajstić information content (AvgIpc) is 2.38. The number of rotatable bonds is 6. The predicted octanol–water partition coefficient (Wildman–Crippen LogP) is 2.67. The zero-order valence-corrected chi connectivity index (χ0v) is 11.8. The molecule has 2 rings (SSSR count). The maximum Gasteiger partial charge on any atom is 0.337 e. The van der Waals surface area contributed by atoms with Crippen LogP contribution in [-0.4, -0.2) is 29.7 Å². The van der Waals surface area contributed by atoms with Crippen LogP contribution in [0.5, 0.6) is 0 Å². The SMILES string of the molecule is CCOC1CC(CC(=O)Nc2ccc(F)cc2C(=O)O)C1. The summed E-state index contributed by atoms with van der Waals surface area (Å²) in [6, 6.07) is 3.28. The Balaban J connectivity index is 1.90. The van der Waals surface area contributed by atoms with Crippen LogP contribution >= 0.6 is 0 Å². The summed E-state index contributed by atoms with van der Waals surface area (Å²) in [6.07, 6.45) is 2.24. The van der Waals surface area contributed by atoms with E-state index >= 15 is 0 Å². The van der Waals surface area contributed by atoms with Gasteiger partial charge in [0.05, 0.1) is 17.4 Å². The standard InChI is InChI=1S/C15H18FNO4/c1-2-21-11-5-9(6-11)7-14(18)17-13-4-3-10(16)8-12(13)15(19)20/h3-4,8-9,11H,2,5-7H2,1H3,(H,17,18)(H,19,20). The van der Waals surface area contributed by atoms with E-state index in [1.165, 1.54) is 6.07 Å². The van der Waals surface area contributed by atoms with Crippen molar-refractivity contribution in [2.24, 2.45) is 5.92 Å². The first-order valence-corrected chi connectivity index (χ1v) is 6.94. The van der Waals surface area contributed by atoms with E-state index in [9.17, 15) is 14.0 Å². The van der Waals surface area contributed by atoms with E-state index in [1.807, 2.05) is 6.92 Å². The van der Waals surface area contributed by atoms with Gasteiger partial charge in [0.25, 0.3) is 0 Å². The molecule has 6 heteroatoms. The van der Waals surface area contributed by atoms with Crippen LogP contribution < -0.4 is 5.32 Å². The molecule has 0 atom stereocenters. The highest BCUT2D eigenvalue weighted by molar-refractivity contribution is 6.00. The normalized spacial score (nSPS) is 20.7. The van der Waals surface area contributed by atoms with Gasteiger partial charge < -0.3 is 15.2 Å². The Morgan fingerprint density at radius 3 is 2.76 bits per heavy atom. The average molecular weight is 295 g/mol. The summed E-state index contributed by atoms with van der Waals surface area (Å²) in [5.41, 5.74) is -0.126. The third-order valence-corrected chi connectivity index (χ3v) is 3.56. The third-order valence-electron chi connectivity index (χ3n) is 3.56. The van der Waals surface area contributed by atoms with E-state index in [4.69, 9.17) is 9.84 Å². The number of halogens is 1. The molecular formula is C15H18FNO4. The Labute approximate surface area is 122 Å². The van der Waals surface area contributed by atoms with Crippen LogP contribution in [0.2, 0.25) is 0 Å². The molecule has 1 saturated carbocycles. The zero-order chi connectivity index (χ0) is 15.4. The number of carboxylic acids is 1. The highest BCUT2D eigenvalue weighted by Crippen LogP contribution is 2.33. The Bertz CT molecular complexity index is 540. The van der Waals surface area contributed by atoms with E-state index in [0.29, 0.717) is 13.0 Å². The summed E-state index contributed by atoms with van der Waals surface area (Å²) >= 11 is 0. The minimum Gasteiger partial charge on any atom is -0.478 e. The van der Waals surface area contributed by atoms with Gasteiger partial charge in [-0.05, 0) is 43.9 Å². The van der Waals surface area contributed by atoms with Gasteiger partial charge in [0, 0.05) is 13.0 Å². The molecule has 21 heavy (non-hydrogen) atoms. The number of hydrogen-bond acceptors (Lipinski definition) is 3. The fraction of sp³-hybridized carbons (Fsp3) is 0.467. The summed E-state index contributed by atoms with van der Waals surface area (Å²) < 4.78 is 18.5. The lowest BCUT2D eigenvalue weighted by atomic mass is 9.80.